The fourth-order valence-corrected chi connectivity index (χ4v) is 1.08. The van der Waals surface area contributed by atoms with Gasteiger partial charge in [0.1, 0.15) is 0 Å². The maximum Gasteiger partial charge on any atom is 0.332 e. The lowest BCUT2D eigenvalue weighted by Crippen LogP contribution is -2.24. The Balaban J connectivity index is 2.10. The first-order valence-electron chi connectivity index (χ1n) is 5.14. The second kappa shape index (κ2) is 8.06. The summed E-state index contributed by atoms with van der Waals surface area (Å²) in [5, 5.41) is 3.53. The van der Waals surface area contributed by atoms with Crippen molar-refractivity contribution >= 4 is 12.2 Å². The van der Waals surface area contributed by atoms with Crippen LogP contribution in [-0.2, 0) is 11.3 Å². The maximum absolute atomic E-state index is 10.2. The van der Waals surface area contributed by atoms with Crippen LogP contribution in [0.15, 0.2) is 47.6 Å². The van der Waals surface area contributed by atoms with Crippen molar-refractivity contribution in [3.8, 4) is 0 Å². The average molecular weight is 233 g/mol. The number of rotatable bonds is 6. The van der Waals surface area contributed by atoms with E-state index >= 15 is 0 Å². The Kier molecular flexibility index (Phi) is 6.13. The third-order valence-electron chi connectivity index (χ3n) is 1.80. The number of benzene rings is 1. The molecule has 1 aromatic rings. The number of primary amides is 1. The summed E-state index contributed by atoms with van der Waals surface area (Å²) >= 11 is 0. The Morgan fingerprint density at radius 3 is 2.88 bits per heavy atom. The fourth-order valence-electron chi connectivity index (χ4n) is 1.08. The number of hydrogen-bond donors (Lipinski definition) is 2. The predicted octanol–water partition coefficient (Wildman–Crippen LogP) is 1.41. The number of carbonyl (C=O) groups excluding carboxylic acids is 1. The fraction of sp³-hybridized carbons (Fsp3) is 0.167. The molecule has 17 heavy (non-hydrogen) atoms. The summed E-state index contributed by atoms with van der Waals surface area (Å²) in [6.07, 6.45) is 4.88. The molecule has 0 bridgehead atoms. The van der Waals surface area contributed by atoms with E-state index in [-0.39, 0.29) is 0 Å². The highest BCUT2D eigenvalue weighted by atomic mass is 16.5. The number of urea groups is 1. The smallest absolute Gasteiger partial charge is 0.332 e. The number of hydrazone groups is 1. The van der Waals surface area contributed by atoms with Gasteiger partial charge in [0.25, 0.3) is 0 Å². The summed E-state index contributed by atoms with van der Waals surface area (Å²) in [6.45, 7) is 1.05. The Morgan fingerprint density at radius 2 is 2.18 bits per heavy atom. The molecule has 90 valence electrons. The lowest BCUT2D eigenvalue weighted by molar-refractivity contribution is 0.149. The SMILES string of the molecule is NC(=O)N/N=C/C=C/COCc1ccccc1. The quantitative estimate of drug-likeness (QED) is 0.443. The molecule has 0 saturated carbocycles. The van der Waals surface area contributed by atoms with Gasteiger partial charge in [-0.15, -0.1) is 0 Å². The van der Waals surface area contributed by atoms with Gasteiger partial charge in [-0.05, 0) is 11.6 Å². The van der Waals surface area contributed by atoms with Crippen molar-refractivity contribution < 1.29 is 9.53 Å². The molecule has 0 saturated heterocycles. The number of amides is 2. The molecule has 0 aliphatic heterocycles. The molecule has 0 heterocycles. The monoisotopic (exact) mass is 233 g/mol. The minimum absolute atomic E-state index is 0.484. The van der Waals surface area contributed by atoms with Crippen LogP contribution in [0.25, 0.3) is 0 Å². The summed E-state index contributed by atoms with van der Waals surface area (Å²) in [5.74, 6) is 0. The molecule has 5 nitrogen and oxygen atoms in total. The molecular weight excluding hydrogens is 218 g/mol. The van der Waals surface area contributed by atoms with Crippen LogP contribution < -0.4 is 11.2 Å². The van der Waals surface area contributed by atoms with Crippen LogP contribution in [0.5, 0.6) is 0 Å². The molecule has 3 N–H and O–H groups in total. The number of allylic oxidation sites excluding steroid dienone is 1. The second-order valence-corrected chi connectivity index (χ2v) is 3.18. The van der Waals surface area contributed by atoms with Crippen LogP contribution >= 0.6 is 0 Å². The van der Waals surface area contributed by atoms with Crippen LogP contribution in [0.4, 0.5) is 4.79 Å². The van der Waals surface area contributed by atoms with Crippen molar-refractivity contribution in [2.75, 3.05) is 6.61 Å². The highest BCUT2D eigenvalue weighted by molar-refractivity contribution is 5.75. The van der Waals surface area contributed by atoms with Gasteiger partial charge in [0, 0.05) is 6.21 Å². The number of nitrogens with zero attached hydrogens (tertiary/aromatic N) is 1. The van der Waals surface area contributed by atoms with E-state index in [9.17, 15) is 4.79 Å². The molecule has 0 radical (unpaired) electrons. The van der Waals surface area contributed by atoms with Gasteiger partial charge >= 0.3 is 6.03 Å². The van der Waals surface area contributed by atoms with Crippen LogP contribution in [0, 0.1) is 0 Å². The Labute approximate surface area is 100.0 Å². The largest absolute Gasteiger partial charge is 0.373 e. The normalized spacial score (nSPS) is 11.1. The highest BCUT2D eigenvalue weighted by Crippen LogP contribution is 1.99. The number of hydrogen-bond acceptors (Lipinski definition) is 3. The molecular formula is C12H15N3O2. The second-order valence-electron chi connectivity index (χ2n) is 3.18. The topological polar surface area (TPSA) is 76.7 Å². The van der Waals surface area contributed by atoms with E-state index in [2.05, 4.69) is 10.5 Å². The molecule has 0 fully saturated rings. The van der Waals surface area contributed by atoms with Crippen molar-refractivity contribution in [3.63, 3.8) is 0 Å². The highest BCUT2D eigenvalue weighted by Gasteiger charge is 1.88. The molecule has 1 aromatic carbocycles. The first kappa shape index (κ1) is 12.9. The van der Waals surface area contributed by atoms with E-state index < -0.39 is 6.03 Å². The predicted molar refractivity (Wildman–Crippen MR) is 66.4 cm³/mol. The Hall–Kier alpha value is -2.14. The molecule has 1 rings (SSSR count). The molecule has 0 aliphatic carbocycles. The van der Waals surface area contributed by atoms with Crippen LogP contribution in [-0.4, -0.2) is 18.9 Å². The molecule has 0 aliphatic rings. The molecule has 0 atom stereocenters. The van der Waals surface area contributed by atoms with E-state index in [4.69, 9.17) is 10.5 Å². The number of ether oxygens (including phenoxy) is 1. The van der Waals surface area contributed by atoms with E-state index in [0.717, 1.165) is 5.56 Å². The zero-order chi connectivity index (χ0) is 12.3. The Morgan fingerprint density at radius 1 is 1.41 bits per heavy atom. The van der Waals surface area contributed by atoms with Crippen molar-refractivity contribution in [1.29, 1.82) is 0 Å². The molecule has 0 aromatic heterocycles. The van der Waals surface area contributed by atoms with Crippen LogP contribution in [0.3, 0.4) is 0 Å². The summed E-state index contributed by atoms with van der Waals surface area (Å²) < 4.78 is 5.39. The van der Waals surface area contributed by atoms with Crippen molar-refractivity contribution in [2.24, 2.45) is 10.8 Å². The van der Waals surface area contributed by atoms with Crippen LogP contribution in [0.1, 0.15) is 5.56 Å². The summed E-state index contributed by atoms with van der Waals surface area (Å²) in [6, 6.07) is 9.22. The Bertz CT molecular complexity index is 388. The number of nitrogens with two attached hydrogens (primary N) is 1. The molecule has 0 spiro atoms. The first-order chi connectivity index (χ1) is 8.29. The lowest BCUT2D eigenvalue weighted by Gasteiger charge is -1.99. The minimum Gasteiger partial charge on any atom is -0.373 e. The summed E-state index contributed by atoms with van der Waals surface area (Å²) in [4.78, 5) is 10.2. The summed E-state index contributed by atoms with van der Waals surface area (Å²) in [7, 11) is 0. The van der Waals surface area contributed by atoms with E-state index in [1.54, 1.807) is 12.2 Å². The molecule has 5 heteroatoms. The van der Waals surface area contributed by atoms with Gasteiger partial charge in [0.2, 0.25) is 0 Å². The zero-order valence-corrected chi connectivity index (χ0v) is 9.37. The summed E-state index contributed by atoms with van der Waals surface area (Å²) in [5.41, 5.74) is 8.01. The van der Waals surface area contributed by atoms with Gasteiger partial charge in [0.05, 0.1) is 13.2 Å². The molecule has 0 unspecified atom stereocenters. The lowest BCUT2D eigenvalue weighted by atomic mass is 10.2. The van der Waals surface area contributed by atoms with Gasteiger partial charge in [0.15, 0.2) is 0 Å². The van der Waals surface area contributed by atoms with E-state index in [0.29, 0.717) is 13.2 Å². The minimum atomic E-state index is -0.685. The van der Waals surface area contributed by atoms with E-state index in [1.165, 1.54) is 6.21 Å². The zero-order valence-electron chi connectivity index (χ0n) is 9.37. The molecule has 2 amide bonds. The van der Waals surface area contributed by atoms with Gasteiger partial charge in [-0.25, -0.2) is 10.2 Å². The van der Waals surface area contributed by atoms with Crippen molar-refractivity contribution in [2.45, 2.75) is 6.61 Å². The van der Waals surface area contributed by atoms with E-state index in [1.807, 2.05) is 30.3 Å². The van der Waals surface area contributed by atoms with Gasteiger partial charge in [-0.1, -0.05) is 36.4 Å². The number of carbonyl (C=O) groups is 1. The van der Waals surface area contributed by atoms with Gasteiger partial charge in [-0.3, -0.25) is 0 Å². The first-order valence-corrected chi connectivity index (χ1v) is 5.14. The van der Waals surface area contributed by atoms with Crippen molar-refractivity contribution in [1.82, 2.24) is 5.43 Å². The number of nitrogens with one attached hydrogen (secondary N) is 1. The average Bonchev–Trinajstić information content (AvgIpc) is 2.33. The maximum atomic E-state index is 10.2. The van der Waals surface area contributed by atoms with Crippen LogP contribution in [0.2, 0.25) is 0 Å². The van der Waals surface area contributed by atoms with Gasteiger partial charge in [-0.2, -0.15) is 5.10 Å². The standard InChI is InChI=1S/C12H15N3O2/c13-12(16)15-14-8-4-5-9-17-10-11-6-2-1-3-7-11/h1-8H,9-10H2,(H3,13,15,16)/b5-4+,14-8+. The van der Waals surface area contributed by atoms with Crippen molar-refractivity contribution in [3.05, 3.63) is 48.0 Å². The third-order valence-corrected chi connectivity index (χ3v) is 1.80. The third kappa shape index (κ3) is 6.86. The van der Waals surface area contributed by atoms with Gasteiger partial charge < -0.3 is 10.5 Å².